The molecule has 0 bridgehead atoms. The maximum Gasteiger partial charge on any atom is 1.00 e. The number of benzene rings is 1. The predicted molar refractivity (Wildman–Crippen MR) is 55.9 cm³/mol. The number of esters is 1. The monoisotopic (exact) mass is 244 g/mol. The van der Waals surface area contributed by atoms with Crippen molar-refractivity contribution in [1.29, 1.82) is 0 Å². The van der Waals surface area contributed by atoms with E-state index in [2.05, 4.69) is 0 Å². The molecule has 1 aromatic rings. The van der Waals surface area contributed by atoms with Gasteiger partial charge in [0, 0.05) is 0 Å². The SMILES string of the molecule is CC(C)COC(=O)c1ccc(C(=O)[O-])cc1.[Na+]. The van der Waals surface area contributed by atoms with Crippen LogP contribution in [-0.2, 0) is 4.74 Å². The molecule has 0 saturated heterocycles. The third kappa shape index (κ3) is 5.35. The molecule has 0 aliphatic heterocycles. The van der Waals surface area contributed by atoms with Gasteiger partial charge in [0.05, 0.1) is 18.1 Å². The molecule has 0 aromatic heterocycles. The molecule has 0 unspecified atom stereocenters. The predicted octanol–water partition coefficient (Wildman–Crippen LogP) is -2.13. The number of carboxylic acid groups (broad SMARTS) is 1. The van der Waals surface area contributed by atoms with Gasteiger partial charge in [0.2, 0.25) is 0 Å². The van der Waals surface area contributed by atoms with Crippen LogP contribution < -0.4 is 34.7 Å². The van der Waals surface area contributed by atoms with Crippen LogP contribution in [0.3, 0.4) is 0 Å². The van der Waals surface area contributed by atoms with Gasteiger partial charge in [-0.05, 0) is 23.6 Å². The minimum atomic E-state index is -1.26. The van der Waals surface area contributed by atoms with E-state index in [4.69, 9.17) is 4.74 Å². The quantitative estimate of drug-likeness (QED) is 0.448. The van der Waals surface area contributed by atoms with Crippen LogP contribution >= 0.6 is 0 Å². The summed E-state index contributed by atoms with van der Waals surface area (Å²) < 4.78 is 4.99. The van der Waals surface area contributed by atoms with Crippen LogP contribution in [0.15, 0.2) is 24.3 Å². The number of carboxylic acids is 1. The standard InChI is InChI=1S/C12H14O4.Na/c1-8(2)7-16-12(15)10-5-3-9(4-6-10)11(13)14;/h3-6,8H,7H2,1-2H3,(H,13,14);/q;+1/p-1. The number of ether oxygens (including phenoxy) is 1. The molecule has 0 N–H and O–H groups in total. The minimum Gasteiger partial charge on any atom is -0.545 e. The van der Waals surface area contributed by atoms with Crippen molar-refractivity contribution in [3.63, 3.8) is 0 Å². The second kappa shape index (κ2) is 7.48. The van der Waals surface area contributed by atoms with Crippen LogP contribution in [0.4, 0.5) is 0 Å². The summed E-state index contributed by atoms with van der Waals surface area (Å²) >= 11 is 0. The van der Waals surface area contributed by atoms with Gasteiger partial charge in [0.1, 0.15) is 0 Å². The average Bonchev–Trinajstić information content (AvgIpc) is 2.26. The molecule has 86 valence electrons. The van der Waals surface area contributed by atoms with Crippen LogP contribution in [0.5, 0.6) is 0 Å². The molecule has 5 heteroatoms. The topological polar surface area (TPSA) is 66.4 Å². The normalized spacial score (nSPS) is 9.59. The maximum atomic E-state index is 11.4. The fourth-order valence-corrected chi connectivity index (χ4v) is 1.07. The smallest absolute Gasteiger partial charge is 0.545 e. The molecule has 0 fully saturated rings. The molecule has 0 atom stereocenters. The zero-order chi connectivity index (χ0) is 12.1. The Morgan fingerprint density at radius 2 is 1.65 bits per heavy atom. The van der Waals surface area contributed by atoms with E-state index in [-0.39, 0.29) is 41.0 Å². The summed E-state index contributed by atoms with van der Waals surface area (Å²) in [5, 5.41) is 10.5. The van der Waals surface area contributed by atoms with Crippen molar-refractivity contribution in [1.82, 2.24) is 0 Å². The fraction of sp³-hybridized carbons (Fsp3) is 0.333. The third-order valence-corrected chi connectivity index (χ3v) is 1.90. The molecular formula is C12H13NaO4. The Balaban J connectivity index is 0.00000256. The van der Waals surface area contributed by atoms with Gasteiger partial charge >= 0.3 is 35.5 Å². The molecule has 0 aliphatic rings. The number of hydrogen-bond donors (Lipinski definition) is 0. The minimum absolute atomic E-state index is 0. The molecular weight excluding hydrogens is 231 g/mol. The van der Waals surface area contributed by atoms with Crippen LogP contribution in [0.2, 0.25) is 0 Å². The van der Waals surface area contributed by atoms with Gasteiger partial charge in [-0.1, -0.05) is 26.0 Å². The first-order valence-corrected chi connectivity index (χ1v) is 4.99. The van der Waals surface area contributed by atoms with Gasteiger partial charge in [-0.3, -0.25) is 0 Å². The largest absolute Gasteiger partial charge is 1.00 e. The number of hydrogen-bond acceptors (Lipinski definition) is 4. The van der Waals surface area contributed by atoms with Crippen molar-refractivity contribution in [3.8, 4) is 0 Å². The molecule has 4 nitrogen and oxygen atoms in total. The van der Waals surface area contributed by atoms with E-state index >= 15 is 0 Å². The van der Waals surface area contributed by atoms with E-state index in [1.165, 1.54) is 24.3 Å². The number of carbonyl (C=O) groups is 2. The van der Waals surface area contributed by atoms with Crippen LogP contribution in [-0.4, -0.2) is 18.5 Å². The summed E-state index contributed by atoms with van der Waals surface area (Å²) in [6.45, 7) is 4.22. The molecule has 1 aromatic carbocycles. The van der Waals surface area contributed by atoms with Gasteiger partial charge < -0.3 is 14.6 Å². The Morgan fingerprint density at radius 3 is 2.06 bits per heavy atom. The van der Waals surface area contributed by atoms with Gasteiger partial charge in [0.25, 0.3) is 0 Å². The Hall–Kier alpha value is -0.840. The van der Waals surface area contributed by atoms with E-state index in [1.54, 1.807) is 0 Å². The van der Waals surface area contributed by atoms with Gasteiger partial charge in [-0.15, -0.1) is 0 Å². The van der Waals surface area contributed by atoms with Crippen molar-refractivity contribution < 1.29 is 49.0 Å². The number of rotatable bonds is 4. The average molecular weight is 244 g/mol. The Labute approximate surface area is 122 Å². The van der Waals surface area contributed by atoms with E-state index in [9.17, 15) is 14.7 Å². The molecule has 0 spiro atoms. The van der Waals surface area contributed by atoms with Gasteiger partial charge in [-0.25, -0.2) is 4.79 Å². The van der Waals surface area contributed by atoms with E-state index in [0.29, 0.717) is 12.2 Å². The van der Waals surface area contributed by atoms with Crippen molar-refractivity contribution in [3.05, 3.63) is 35.4 Å². The molecule has 0 aliphatic carbocycles. The van der Waals surface area contributed by atoms with E-state index < -0.39 is 11.9 Å². The summed E-state index contributed by atoms with van der Waals surface area (Å²) in [6, 6.07) is 5.46. The molecule has 17 heavy (non-hydrogen) atoms. The van der Waals surface area contributed by atoms with Gasteiger partial charge in [-0.2, -0.15) is 0 Å². The molecule has 0 amide bonds. The zero-order valence-electron chi connectivity index (χ0n) is 10.2. The molecule has 1 rings (SSSR count). The summed E-state index contributed by atoms with van der Waals surface area (Å²) in [4.78, 5) is 21.9. The zero-order valence-corrected chi connectivity index (χ0v) is 12.2. The van der Waals surface area contributed by atoms with Crippen LogP contribution in [0.1, 0.15) is 34.6 Å². The van der Waals surface area contributed by atoms with E-state index in [0.717, 1.165) is 0 Å². The number of aromatic carboxylic acids is 1. The van der Waals surface area contributed by atoms with Crippen LogP contribution in [0.25, 0.3) is 0 Å². The Morgan fingerprint density at radius 1 is 1.18 bits per heavy atom. The molecule has 0 saturated carbocycles. The summed E-state index contributed by atoms with van der Waals surface area (Å²) in [5.41, 5.74) is 0.381. The van der Waals surface area contributed by atoms with Crippen molar-refractivity contribution in [2.45, 2.75) is 13.8 Å². The maximum absolute atomic E-state index is 11.4. The van der Waals surface area contributed by atoms with Crippen molar-refractivity contribution in [2.75, 3.05) is 6.61 Å². The first-order valence-electron chi connectivity index (χ1n) is 4.99. The second-order valence-corrected chi connectivity index (χ2v) is 3.86. The molecule has 0 heterocycles. The number of carbonyl (C=O) groups excluding carboxylic acids is 2. The summed E-state index contributed by atoms with van der Waals surface area (Å²) in [7, 11) is 0. The van der Waals surface area contributed by atoms with Crippen LogP contribution in [0, 0.1) is 5.92 Å². The first-order chi connectivity index (χ1) is 7.50. The van der Waals surface area contributed by atoms with E-state index in [1.807, 2.05) is 13.8 Å². The third-order valence-electron chi connectivity index (χ3n) is 1.90. The first kappa shape index (κ1) is 16.2. The Bertz CT molecular complexity index is 384. The molecule has 0 radical (unpaired) electrons. The Kier molecular flexibility index (Phi) is 7.11. The summed E-state index contributed by atoms with van der Waals surface area (Å²) in [5.74, 6) is -1.44. The second-order valence-electron chi connectivity index (χ2n) is 3.86. The van der Waals surface area contributed by atoms with Gasteiger partial charge in [0.15, 0.2) is 0 Å². The van der Waals surface area contributed by atoms with Crippen molar-refractivity contribution >= 4 is 11.9 Å². The summed E-state index contributed by atoms with van der Waals surface area (Å²) in [6.07, 6.45) is 0. The fourth-order valence-electron chi connectivity index (χ4n) is 1.07. The van der Waals surface area contributed by atoms with Crippen molar-refractivity contribution in [2.24, 2.45) is 5.92 Å².